The Bertz CT molecular complexity index is 1760. The van der Waals surface area contributed by atoms with Crippen LogP contribution in [0.1, 0.15) is 23.6 Å². The molecule has 1 N–H and O–H groups in total. The molecule has 1 aliphatic heterocycles. The molecule has 11 heteroatoms. The Morgan fingerprint density at radius 1 is 0.864 bits per heavy atom. The fourth-order valence-electron chi connectivity index (χ4n) is 4.38. The third-order valence-electron chi connectivity index (χ3n) is 6.46. The molecule has 0 radical (unpaired) electrons. The maximum atomic E-state index is 13.5. The first-order valence-electron chi connectivity index (χ1n) is 13.4. The van der Waals surface area contributed by atoms with Gasteiger partial charge >= 0.3 is 6.03 Å². The molecule has 0 saturated carbocycles. The summed E-state index contributed by atoms with van der Waals surface area (Å²) in [7, 11) is 0. The Labute approximate surface area is 277 Å². The predicted octanol–water partition coefficient (Wildman–Crippen LogP) is 7.82. The number of hydrogen-bond acceptors (Lipinski definition) is 6. The SMILES string of the molecule is CCOc1cc(/C=C2\C(=O)NC(=O)N(c3ccc(OCc4ccccc4Cl)cc3)C2=O)cc(I)c1OCc1cccc(Cl)c1. The van der Waals surface area contributed by atoms with Gasteiger partial charge in [0.05, 0.1) is 15.9 Å². The van der Waals surface area contributed by atoms with Crippen molar-refractivity contribution in [3.05, 3.63) is 121 Å². The van der Waals surface area contributed by atoms with Crippen molar-refractivity contribution >= 4 is 75.4 Å². The molecule has 0 atom stereocenters. The third kappa shape index (κ3) is 7.35. The topological polar surface area (TPSA) is 94.2 Å². The van der Waals surface area contributed by atoms with Gasteiger partial charge in [-0.3, -0.25) is 14.9 Å². The zero-order valence-electron chi connectivity index (χ0n) is 23.3. The minimum absolute atomic E-state index is 0.213. The molecule has 44 heavy (non-hydrogen) atoms. The van der Waals surface area contributed by atoms with E-state index in [4.69, 9.17) is 37.4 Å². The second-order valence-corrected chi connectivity index (χ2v) is 11.5. The summed E-state index contributed by atoms with van der Waals surface area (Å²) in [6, 6.07) is 23.7. The van der Waals surface area contributed by atoms with Crippen LogP contribution in [0.5, 0.6) is 17.2 Å². The molecular weight excluding hydrogens is 718 g/mol. The van der Waals surface area contributed by atoms with Gasteiger partial charge in [-0.25, -0.2) is 9.69 Å². The van der Waals surface area contributed by atoms with Crippen LogP contribution in [0.15, 0.2) is 90.5 Å². The van der Waals surface area contributed by atoms with Gasteiger partial charge in [-0.2, -0.15) is 0 Å². The summed E-state index contributed by atoms with van der Waals surface area (Å²) in [6.07, 6.45) is 1.42. The van der Waals surface area contributed by atoms with E-state index < -0.39 is 17.8 Å². The van der Waals surface area contributed by atoms with E-state index in [1.54, 1.807) is 48.5 Å². The summed E-state index contributed by atoms with van der Waals surface area (Å²) in [5.41, 5.74) is 2.28. The monoisotopic (exact) mass is 742 g/mol. The van der Waals surface area contributed by atoms with E-state index in [0.29, 0.717) is 43.0 Å². The molecule has 8 nitrogen and oxygen atoms in total. The van der Waals surface area contributed by atoms with Crippen LogP contribution in [0.4, 0.5) is 10.5 Å². The lowest BCUT2D eigenvalue weighted by molar-refractivity contribution is -0.122. The van der Waals surface area contributed by atoms with Crippen molar-refractivity contribution in [2.75, 3.05) is 11.5 Å². The number of hydrogen-bond donors (Lipinski definition) is 1. The average Bonchev–Trinajstić information content (AvgIpc) is 2.99. The number of carbonyl (C=O) groups excluding carboxylic acids is 3. The van der Waals surface area contributed by atoms with Gasteiger partial charge in [0.15, 0.2) is 11.5 Å². The Morgan fingerprint density at radius 2 is 1.64 bits per heavy atom. The van der Waals surface area contributed by atoms with Crippen LogP contribution in [0, 0.1) is 3.57 Å². The molecule has 4 aromatic carbocycles. The number of carbonyl (C=O) groups is 3. The smallest absolute Gasteiger partial charge is 0.335 e. The molecule has 5 rings (SSSR count). The van der Waals surface area contributed by atoms with E-state index in [1.165, 1.54) is 6.08 Å². The van der Waals surface area contributed by atoms with E-state index in [1.807, 2.05) is 43.3 Å². The molecule has 0 bridgehead atoms. The number of nitrogens with one attached hydrogen (secondary N) is 1. The van der Waals surface area contributed by atoms with Crippen LogP contribution in [0.2, 0.25) is 10.0 Å². The van der Waals surface area contributed by atoms with Gasteiger partial charge in [-0.05, 0) is 101 Å². The summed E-state index contributed by atoms with van der Waals surface area (Å²) in [5, 5.41) is 3.44. The molecule has 224 valence electrons. The van der Waals surface area contributed by atoms with E-state index in [-0.39, 0.29) is 24.5 Å². The van der Waals surface area contributed by atoms with Crippen LogP contribution in [0.3, 0.4) is 0 Å². The van der Waals surface area contributed by atoms with Gasteiger partial charge in [0.2, 0.25) is 0 Å². The van der Waals surface area contributed by atoms with Gasteiger partial charge in [-0.1, -0.05) is 53.5 Å². The van der Waals surface area contributed by atoms with Crippen molar-refractivity contribution < 1.29 is 28.6 Å². The molecule has 1 saturated heterocycles. The fourth-order valence-corrected chi connectivity index (χ4v) is 5.57. The van der Waals surface area contributed by atoms with Gasteiger partial charge in [0.1, 0.15) is 24.5 Å². The molecule has 1 aliphatic rings. The maximum absolute atomic E-state index is 13.5. The summed E-state index contributed by atoms with van der Waals surface area (Å²) in [6.45, 7) is 2.71. The van der Waals surface area contributed by atoms with Gasteiger partial charge in [-0.15, -0.1) is 0 Å². The number of ether oxygens (including phenoxy) is 3. The van der Waals surface area contributed by atoms with Crippen molar-refractivity contribution in [3.63, 3.8) is 0 Å². The van der Waals surface area contributed by atoms with E-state index in [2.05, 4.69) is 27.9 Å². The highest BCUT2D eigenvalue weighted by molar-refractivity contribution is 14.1. The Morgan fingerprint density at radius 3 is 2.36 bits per heavy atom. The van der Waals surface area contributed by atoms with Crippen molar-refractivity contribution in [2.24, 2.45) is 0 Å². The minimum atomic E-state index is -0.851. The van der Waals surface area contributed by atoms with Gasteiger partial charge in [0, 0.05) is 15.6 Å². The van der Waals surface area contributed by atoms with Gasteiger partial charge < -0.3 is 14.2 Å². The molecular formula is C33H25Cl2IN2O6. The summed E-state index contributed by atoms with van der Waals surface area (Å²) >= 11 is 14.4. The number of barbiturate groups is 1. The summed E-state index contributed by atoms with van der Waals surface area (Å²) in [4.78, 5) is 39.9. The quantitative estimate of drug-likeness (QED) is 0.101. The van der Waals surface area contributed by atoms with E-state index >= 15 is 0 Å². The van der Waals surface area contributed by atoms with E-state index in [9.17, 15) is 14.4 Å². The van der Waals surface area contributed by atoms with Crippen LogP contribution in [-0.2, 0) is 22.8 Å². The summed E-state index contributed by atoms with van der Waals surface area (Å²) in [5.74, 6) is -0.0936. The minimum Gasteiger partial charge on any atom is -0.490 e. The average molecular weight is 743 g/mol. The maximum Gasteiger partial charge on any atom is 0.335 e. The summed E-state index contributed by atoms with van der Waals surface area (Å²) < 4.78 is 18.4. The van der Waals surface area contributed by atoms with Crippen LogP contribution < -0.4 is 24.4 Å². The molecule has 4 aromatic rings. The van der Waals surface area contributed by atoms with Crippen LogP contribution in [-0.4, -0.2) is 24.5 Å². The second-order valence-electron chi connectivity index (χ2n) is 9.51. The Hall–Kier alpha value is -4.06. The fraction of sp³-hybridized carbons (Fsp3) is 0.121. The number of urea groups is 1. The highest BCUT2D eigenvalue weighted by Crippen LogP contribution is 2.36. The first kappa shape index (κ1) is 31.4. The number of anilines is 1. The van der Waals surface area contributed by atoms with Crippen LogP contribution >= 0.6 is 45.8 Å². The zero-order valence-corrected chi connectivity index (χ0v) is 27.0. The lowest BCUT2D eigenvalue weighted by Gasteiger charge is -2.26. The number of nitrogens with zero attached hydrogens (tertiary/aromatic N) is 1. The number of imide groups is 2. The zero-order chi connectivity index (χ0) is 31.2. The van der Waals surface area contributed by atoms with Gasteiger partial charge in [0.25, 0.3) is 11.8 Å². The molecule has 1 fully saturated rings. The van der Waals surface area contributed by atoms with E-state index in [0.717, 1.165) is 16.0 Å². The lowest BCUT2D eigenvalue weighted by Crippen LogP contribution is -2.54. The highest BCUT2D eigenvalue weighted by atomic mass is 127. The molecule has 0 aliphatic carbocycles. The predicted molar refractivity (Wildman–Crippen MR) is 177 cm³/mol. The normalized spacial score (nSPS) is 14.0. The number of halogens is 3. The highest BCUT2D eigenvalue weighted by Gasteiger charge is 2.37. The number of benzene rings is 4. The molecule has 0 spiro atoms. The molecule has 0 aromatic heterocycles. The lowest BCUT2D eigenvalue weighted by atomic mass is 10.1. The molecule has 4 amide bonds. The standard InChI is InChI=1S/C33H25Cl2IN2O6/c1-2-42-29-17-21(16-28(36)30(29)44-18-20-6-5-8-23(34)14-20)15-26-31(39)37-33(41)38(32(26)40)24-10-12-25(13-11-24)43-19-22-7-3-4-9-27(22)35/h3-17H,2,18-19H2,1H3,(H,37,39,41)/b26-15+. The van der Waals surface area contributed by atoms with Crippen molar-refractivity contribution in [3.8, 4) is 17.2 Å². The first-order chi connectivity index (χ1) is 21.2. The molecule has 0 unspecified atom stereocenters. The van der Waals surface area contributed by atoms with Crippen molar-refractivity contribution in [1.82, 2.24) is 5.32 Å². The molecule has 1 heterocycles. The number of rotatable bonds is 10. The largest absolute Gasteiger partial charge is 0.490 e. The third-order valence-corrected chi connectivity index (χ3v) is 7.87. The Balaban J connectivity index is 1.36. The number of amides is 4. The van der Waals surface area contributed by atoms with Crippen molar-refractivity contribution in [2.45, 2.75) is 20.1 Å². The Kier molecular flexibility index (Phi) is 10.1. The van der Waals surface area contributed by atoms with Crippen LogP contribution in [0.25, 0.3) is 6.08 Å². The van der Waals surface area contributed by atoms with Crippen molar-refractivity contribution in [1.29, 1.82) is 0 Å². The second kappa shape index (κ2) is 14.1. The first-order valence-corrected chi connectivity index (χ1v) is 15.3.